The van der Waals surface area contributed by atoms with Crippen LogP contribution in [0.1, 0.15) is 29.6 Å². The fraction of sp³-hybridized carbons (Fsp3) is 0.474. The van der Waals surface area contributed by atoms with Crippen LogP contribution < -0.4 is 5.32 Å². The lowest BCUT2D eigenvalue weighted by atomic mass is 9.72. The van der Waals surface area contributed by atoms with Gasteiger partial charge in [0.05, 0.1) is 22.4 Å². The molecule has 2 atom stereocenters. The van der Waals surface area contributed by atoms with E-state index in [-0.39, 0.29) is 17.4 Å². The van der Waals surface area contributed by atoms with Crippen LogP contribution in [0.2, 0.25) is 5.02 Å². The van der Waals surface area contributed by atoms with Crippen molar-refractivity contribution in [2.24, 2.45) is 5.41 Å². The molecule has 2 aliphatic rings. The summed E-state index contributed by atoms with van der Waals surface area (Å²) in [4.78, 5) is 15.0. The van der Waals surface area contributed by atoms with Crippen LogP contribution in [-0.2, 0) is 0 Å². The van der Waals surface area contributed by atoms with Crippen LogP contribution in [0.15, 0.2) is 36.7 Å². The number of carbonyl (C=O) groups is 1. The topological polar surface area (TPSA) is 70.4 Å². The van der Waals surface area contributed by atoms with Crippen molar-refractivity contribution in [1.29, 1.82) is 0 Å². The number of likely N-dealkylation sites (tertiary alicyclic amines) is 1. The van der Waals surface area contributed by atoms with Crippen molar-refractivity contribution >= 4 is 17.5 Å². The number of hydrogen-bond acceptors (Lipinski definition) is 4. The number of piperidine rings is 2. The lowest BCUT2D eigenvalue weighted by molar-refractivity contribution is -0.0433. The second-order valence-electron chi connectivity index (χ2n) is 7.29. The van der Waals surface area contributed by atoms with Gasteiger partial charge in [-0.3, -0.25) is 4.79 Å². The number of hydrogen-bond donors (Lipinski definition) is 2. The normalized spacial score (nSPS) is 26.2. The Balaban J connectivity index is 1.60. The molecule has 6 nitrogen and oxygen atoms in total. The Morgan fingerprint density at radius 2 is 2.31 bits per heavy atom. The Kier molecular flexibility index (Phi) is 4.73. The van der Waals surface area contributed by atoms with Crippen LogP contribution in [0.5, 0.6) is 0 Å². The van der Waals surface area contributed by atoms with Gasteiger partial charge in [-0.2, -0.15) is 5.10 Å². The van der Waals surface area contributed by atoms with E-state index in [4.69, 9.17) is 11.6 Å². The van der Waals surface area contributed by atoms with Gasteiger partial charge in [0.2, 0.25) is 0 Å². The highest BCUT2D eigenvalue weighted by Crippen LogP contribution is 2.37. The van der Waals surface area contributed by atoms with E-state index >= 15 is 0 Å². The van der Waals surface area contributed by atoms with Crippen LogP contribution in [-0.4, -0.2) is 58.0 Å². The Morgan fingerprint density at radius 3 is 3.08 bits per heavy atom. The molecule has 0 bridgehead atoms. The molecule has 1 spiro atoms. The molecule has 1 amide bonds. The average Bonchev–Trinajstić information content (AvgIpc) is 3.19. The fourth-order valence-electron chi connectivity index (χ4n) is 4.16. The van der Waals surface area contributed by atoms with Crippen molar-refractivity contribution in [2.45, 2.75) is 25.4 Å². The smallest absolute Gasteiger partial charge is 0.255 e. The Bertz CT molecular complexity index is 791. The Morgan fingerprint density at radius 1 is 1.42 bits per heavy atom. The molecule has 1 aromatic heterocycles. The third-order valence-corrected chi connectivity index (χ3v) is 5.95. The summed E-state index contributed by atoms with van der Waals surface area (Å²) < 4.78 is 1.71. The number of halogens is 1. The van der Waals surface area contributed by atoms with Gasteiger partial charge in [-0.25, -0.2) is 4.68 Å². The SMILES string of the molecule is O=C(c1cc(-n2cccn2)ccc1Cl)N1CCC[C@]2(CNCC[C@@H]2O)C1. The van der Waals surface area contributed by atoms with Gasteiger partial charge in [0.15, 0.2) is 0 Å². The Hall–Kier alpha value is -1.89. The van der Waals surface area contributed by atoms with Gasteiger partial charge in [0.25, 0.3) is 5.91 Å². The molecule has 0 saturated carbocycles. The zero-order valence-corrected chi connectivity index (χ0v) is 15.3. The van der Waals surface area contributed by atoms with Crippen LogP contribution >= 0.6 is 11.6 Å². The number of benzene rings is 1. The number of nitrogens with one attached hydrogen (secondary N) is 1. The minimum absolute atomic E-state index is 0.0825. The number of carbonyl (C=O) groups excluding carboxylic acids is 1. The molecule has 2 fully saturated rings. The van der Waals surface area contributed by atoms with Crippen LogP contribution in [0, 0.1) is 5.41 Å². The summed E-state index contributed by atoms with van der Waals surface area (Å²) in [5, 5.41) is 18.6. The second kappa shape index (κ2) is 7.02. The Labute approximate surface area is 157 Å². The fourth-order valence-corrected chi connectivity index (χ4v) is 4.36. The van der Waals surface area contributed by atoms with Crippen molar-refractivity contribution in [2.75, 3.05) is 26.2 Å². The number of aromatic nitrogens is 2. The molecule has 2 N–H and O–H groups in total. The minimum atomic E-state index is -0.370. The molecule has 4 rings (SSSR count). The molecule has 3 heterocycles. The first-order valence-electron chi connectivity index (χ1n) is 9.07. The van der Waals surface area contributed by atoms with E-state index in [1.165, 1.54) is 0 Å². The number of nitrogens with zero attached hydrogens (tertiary/aromatic N) is 3. The van der Waals surface area contributed by atoms with E-state index in [0.717, 1.165) is 38.0 Å². The van der Waals surface area contributed by atoms with Gasteiger partial charge in [0, 0.05) is 37.4 Å². The van der Waals surface area contributed by atoms with Gasteiger partial charge in [-0.1, -0.05) is 11.6 Å². The van der Waals surface area contributed by atoms with E-state index < -0.39 is 0 Å². The summed E-state index contributed by atoms with van der Waals surface area (Å²) in [6.45, 7) is 2.82. The molecule has 0 unspecified atom stereocenters. The van der Waals surface area contributed by atoms with Crippen molar-refractivity contribution in [3.05, 3.63) is 47.2 Å². The van der Waals surface area contributed by atoms with E-state index in [9.17, 15) is 9.90 Å². The summed E-state index contributed by atoms with van der Waals surface area (Å²) in [6, 6.07) is 7.21. The zero-order chi connectivity index (χ0) is 18.1. The number of aliphatic hydroxyl groups is 1. The molecule has 26 heavy (non-hydrogen) atoms. The molecule has 2 saturated heterocycles. The maximum Gasteiger partial charge on any atom is 0.255 e. The molecular weight excluding hydrogens is 352 g/mol. The summed E-state index contributed by atoms with van der Waals surface area (Å²) in [5.41, 5.74) is 1.03. The number of amides is 1. The average molecular weight is 375 g/mol. The van der Waals surface area contributed by atoms with Gasteiger partial charge < -0.3 is 15.3 Å². The molecule has 0 radical (unpaired) electrons. The monoisotopic (exact) mass is 374 g/mol. The zero-order valence-electron chi connectivity index (χ0n) is 14.6. The molecule has 1 aromatic carbocycles. The lowest BCUT2D eigenvalue weighted by Crippen LogP contribution is -2.58. The molecule has 0 aliphatic carbocycles. The van der Waals surface area contributed by atoms with Crippen LogP contribution in [0.3, 0.4) is 0 Å². The van der Waals surface area contributed by atoms with E-state index in [0.29, 0.717) is 23.7 Å². The third kappa shape index (κ3) is 3.13. The maximum atomic E-state index is 13.2. The van der Waals surface area contributed by atoms with Gasteiger partial charge >= 0.3 is 0 Å². The largest absolute Gasteiger partial charge is 0.392 e. The predicted octanol–water partition coefficient (Wildman–Crippen LogP) is 2.10. The summed E-state index contributed by atoms with van der Waals surface area (Å²) >= 11 is 6.34. The quantitative estimate of drug-likeness (QED) is 0.844. The summed E-state index contributed by atoms with van der Waals surface area (Å²) in [7, 11) is 0. The summed E-state index contributed by atoms with van der Waals surface area (Å²) in [5.74, 6) is -0.0825. The standard InChI is InChI=1S/C19H23ClN4O2/c20-16-4-3-14(24-10-2-7-22-24)11-15(16)18(26)23-9-1-6-19(13-23)12-21-8-5-17(19)25/h2-4,7,10-11,17,21,25H,1,5-6,8-9,12-13H2/t17-,19-/m0/s1. The minimum Gasteiger partial charge on any atom is -0.392 e. The molecule has 7 heteroatoms. The van der Waals surface area contributed by atoms with Crippen molar-refractivity contribution in [3.8, 4) is 5.69 Å². The summed E-state index contributed by atoms with van der Waals surface area (Å²) in [6.07, 6.45) is 5.72. The van der Waals surface area contributed by atoms with Crippen LogP contribution in [0.25, 0.3) is 5.69 Å². The van der Waals surface area contributed by atoms with E-state index in [1.54, 1.807) is 23.0 Å². The second-order valence-corrected chi connectivity index (χ2v) is 7.70. The van der Waals surface area contributed by atoms with E-state index in [2.05, 4.69) is 10.4 Å². The highest BCUT2D eigenvalue weighted by Gasteiger charge is 2.44. The highest BCUT2D eigenvalue weighted by molar-refractivity contribution is 6.33. The van der Waals surface area contributed by atoms with E-state index in [1.807, 2.05) is 23.2 Å². The molecule has 138 valence electrons. The number of rotatable bonds is 2. The molecular formula is C19H23ClN4O2. The molecule has 2 aromatic rings. The van der Waals surface area contributed by atoms with Crippen molar-refractivity contribution < 1.29 is 9.90 Å². The highest BCUT2D eigenvalue weighted by atomic mass is 35.5. The first-order valence-corrected chi connectivity index (χ1v) is 9.44. The van der Waals surface area contributed by atoms with Gasteiger partial charge in [-0.15, -0.1) is 0 Å². The first kappa shape index (κ1) is 17.5. The molecule has 2 aliphatic heterocycles. The van der Waals surface area contributed by atoms with Crippen molar-refractivity contribution in [3.63, 3.8) is 0 Å². The lowest BCUT2D eigenvalue weighted by Gasteiger charge is -2.48. The van der Waals surface area contributed by atoms with Gasteiger partial charge in [0.1, 0.15) is 0 Å². The third-order valence-electron chi connectivity index (χ3n) is 5.62. The maximum absolute atomic E-state index is 13.2. The first-order chi connectivity index (χ1) is 12.6. The van der Waals surface area contributed by atoms with Gasteiger partial charge in [-0.05, 0) is 50.1 Å². The van der Waals surface area contributed by atoms with Crippen molar-refractivity contribution in [1.82, 2.24) is 20.0 Å². The van der Waals surface area contributed by atoms with Crippen LogP contribution in [0.4, 0.5) is 0 Å². The predicted molar refractivity (Wildman–Crippen MR) is 99.6 cm³/mol. The number of aliphatic hydroxyl groups excluding tert-OH is 1.